The largest absolute Gasteiger partial charge is 0.497 e. The Morgan fingerprint density at radius 2 is 1.12 bits per heavy atom. The molecule has 0 bridgehead atoms. The molecule has 384 valence electrons. The number of ether oxygens (including phenoxy) is 1. The van der Waals surface area contributed by atoms with Crippen molar-refractivity contribution in [2.24, 2.45) is 15.3 Å². The Kier molecular flexibility index (Phi) is 17.9. The quantitative estimate of drug-likeness (QED) is 0.0788. The highest BCUT2D eigenvalue weighted by Gasteiger charge is 2.14. The fourth-order valence-corrected chi connectivity index (χ4v) is 7.60. The summed E-state index contributed by atoms with van der Waals surface area (Å²) in [5.41, 5.74) is 9.88. The summed E-state index contributed by atoms with van der Waals surface area (Å²) in [4.78, 5) is 61.1. The number of nitrogens with zero attached hydrogens (tertiary/aromatic N) is 8. The number of methoxy groups -OCH3 is 1. The first-order chi connectivity index (χ1) is 37.5. The van der Waals surface area contributed by atoms with E-state index in [1.54, 1.807) is 57.2 Å². The van der Waals surface area contributed by atoms with Crippen LogP contribution in [0.2, 0.25) is 0 Å². The summed E-state index contributed by atoms with van der Waals surface area (Å²) in [7, 11) is 5.54. The highest BCUT2D eigenvalue weighted by atomic mass is 16.5. The van der Waals surface area contributed by atoms with E-state index in [-0.39, 0.29) is 35.8 Å². The number of benzene rings is 7. The number of amides is 2. The molecule has 7 aromatic carbocycles. The predicted octanol–water partition coefficient (Wildman–Crippen LogP) is 10.3. The third-order valence-electron chi connectivity index (χ3n) is 11.5. The number of carbonyl (C=O) groups is 2. The van der Waals surface area contributed by atoms with Crippen LogP contribution in [0.4, 0.5) is 11.4 Å². The lowest BCUT2D eigenvalue weighted by molar-refractivity contribution is -0.120. The average Bonchev–Trinajstić information content (AvgIpc) is 4.00. The van der Waals surface area contributed by atoms with E-state index >= 15 is 0 Å². The maximum Gasteiger partial charge on any atom is 0.282 e. The summed E-state index contributed by atoms with van der Waals surface area (Å²) < 4.78 is 12.9. The molecule has 0 aliphatic rings. The SMILES string of the molecule is CC(CC(=O)Nc1ccc(N(C)C)cc1)=NNC(=O)Cc1ccccc1.COc1ccc(C=Nn2c(-c3ccccc3)nc3ccccc3c2=O)cc1.O=c1c2ccccc2nc(-c2ccccc2)n1N=Cc1ccoc1. The normalized spacial score (nSPS) is 11.1. The van der Waals surface area contributed by atoms with Crippen LogP contribution in [0.1, 0.15) is 30.0 Å². The Labute approximate surface area is 444 Å². The van der Waals surface area contributed by atoms with E-state index in [0.717, 1.165) is 44.9 Å². The van der Waals surface area contributed by atoms with Gasteiger partial charge in [-0.15, -0.1) is 0 Å². The number of aromatic nitrogens is 4. The van der Waals surface area contributed by atoms with Gasteiger partial charge in [0.15, 0.2) is 11.6 Å². The second kappa shape index (κ2) is 26.0. The molecule has 3 aromatic heterocycles. The van der Waals surface area contributed by atoms with Gasteiger partial charge in [-0.1, -0.05) is 115 Å². The van der Waals surface area contributed by atoms with E-state index in [1.807, 2.05) is 195 Å². The van der Waals surface area contributed by atoms with Crippen molar-refractivity contribution < 1.29 is 18.7 Å². The molecule has 10 aromatic rings. The molecule has 16 nitrogen and oxygen atoms in total. The average molecular weight is 1020 g/mol. The van der Waals surface area contributed by atoms with Crippen LogP contribution >= 0.6 is 0 Å². The molecule has 0 aliphatic carbocycles. The van der Waals surface area contributed by atoms with Crippen LogP contribution in [-0.2, 0) is 16.0 Å². The third-order valence-corrected chi connectivity index (χ3v) is 11.5. The number of para-hydroxylation sites is 2. The van der Waals surface area contributed by atoms with Gasteiger partial charge in [-0.25, -0.2) is 15.4 Å². The smallest absolute Gasteiger partial charge is 0.282 e. The molecule has 2 amide bonds. The van der Waals surface area contributed by atoms with Crippen LogP contribution in [-0.4, -0.2) is 70.5 Å². The van der Waals surface area contributed by atoms with E-state index in [9.17, 15) is 19.2 Å². The molecule has 0 saturated carbocycles. The van der Waals surface area contributed by atoms with Crippen LogP contribution in [0, 0.1) is 0 Å². The summed E-state index contributed by atoms with van der Waals surface area (Å²) >= 11 is 0. The van der Waals surface area contributed by atoms with E-state index < -0.39 is 0 Å². The number of rotatable bonds is 14. The molecule has 10 rings (SSSR count). The fourth-order valence-electron chi connectivity index (χ4n) is 7.60. The van der Waals surface area contributed by atoms with Gasteiger partial charge in [-0.05, 0) is 96.9 Å². The molecular weight excluding hydrogens is 969 g/mol. The number of furan rings is 1. The van der Waals surface area contributed by atoms with Crippen molar-refractivity contribution in [3.63, 3.8) is 0 Å². The van der Waals surface area contributed by atoms with Crippen LogP contribution in [0.5, 0.6) is 5.75 Å². The maximum absolute atomic E-state index is 13.0. The molecule has 3 heterocycles. The summed E-state index contributed by atoms with van der Waals surface area (Å²) in [6.07, 6.45) is 6.70. The Balaban J connectivity index is 0.000000153. The van der Waals surface area contributed by atoms with Crippen molar-refractivity contribution in [2.75, 3.05) is 31.4 Å². The van der Waals surface area contributed by atoms with E-state index in [0.29, 0.717) is 39.2 Å². The lowest BCUT2D eigenvalue weighted by Gasteiger charge is -2.13. The second-order valence-electron chi connectivity index (χ2n) is 17.4. The highest BCUT2D eigenvalue weighted by Crippen LogP contribution is 2.21. The summed E-state index contributed by atoms with van der Waals surface area (Å²) in [6, 6.07) is 59.9. The number of anilines is 2. The molecule has 0 spiro atoms. The minimum Gasteiger partial charge on any atom is -0.497 e. The Hall–Kier alpha value is -10.4. The highest BCUT2D eigenvalue weighted by molar-refractivity contribution is 6.05. The minimum atomic E-state index is -0.213. The van der Waals surface area contributed by atoms with Crippen LogP contribution in [0.15, 0.2) is 236 Å². The van der Waals surface area contributed by atoms with Crippen molar-refractivity contribution in [3.05, 3.63) is 244 Å². The van der Waals surface area contributed by atoms with Crippen molar-refractivity contribution in [2.45, 2.75) is 19.8 Å². The van der Waals surface area contributed by atoms with E-state index in [1.165, 1.54) is 9.35 Å². The number of hydrogen-bond donors (Lipinski definition) is 2. The summed E-state index contributed by atoms with van der Waals surface area (Å²) in [6.45, 7) is 1.71. The molecular formula is C61H54N10O6. The topological polar surface area (TPSA) is 191 Å². The molecule has 77 heavy (non-hydrogen) atoms. The van der Waals surface area contributed by atoms with Gasteiger partial charge in [0.25, 0.3) is 11.1 Å². The van der Waals surface area contributed by atoms with Gasteiger partial charge in [0, 0.05) is 47.9 Å². The summed E-state index contributed by atoms with van der Waals surface area (Å²) in [5, 5.41) is 16.6. The maximum atomic E-state index is 13.0. The lowest BCUT2D eigenvalue weighted by Crippen LogP contribution is -2.22. The predicted molar refractivity (Wildman–Crippen MR) is 306 cm³/mol. The van der Waals surface area contributed by atoms with Crippen LogP contribution in [0.3, 0.4) is 0 Å². The molecule has 0 unspecified atom stereocenters. The molecule has 2 N–H and O–H groups in total. The molecule has 0 saturated heterocycles. The number of hydrazone groups is 1. The van der Waals surface area contributed by atoms with Gasteiger partial charge in [-0.2, -0.15) is 24.7 Å². The van der Waals surface area contributed by atoms with Crippen molar-refractivity contribution in [3.8, 4) is 28.5 Å². The van der Waals surface area contributed by atoms with Gasteiger partial charge in [0.1, 0.15) is 5.75 Å². The van der Waals surface area contributed by atoms with Gasteiger partial charge in [0.05, 0.1) is 66.7 Å². The third kappa shape index (κ3) is 14.5. The standard InChI is InChI=1S/C22H17N3O2.C20H24N4O2.C19H13N3O2/c1-27-18-13-11-16(12-14-18)15-23-25-21(17-7-3-2-4-8-17)24-20-10-6-5-9-19(20)22(25)26;1-15(22-23-20(26)14-16-7-5-4-6-8-16)13-19(25)21-17-9-11-18(12-10-17)24(2)3;23-19-16-8-4-5-9-17(16)21-18(15-6-2-1-3-7-15)22(19)20-12-14-10-11-24-13-14/h2-15H,1H3;4-12H,13-14H2,1-3H3,(H,21,25)(H,23,26);1-13H. The Morgan fingerprint density at radius 1 is 0.610 bits per heavy atom. The van der Waals surface area contributed by atoms with E-state index in [2.05, 4.69) is 36.0 Å². The zero-order chi connectivity index (χ0) is 53.9. The Bertz CT molecular complexity index is 3790. The number of nitrogens with one attached hydrogen (secondary N) is 2. The van der Waals surface area contributed by atoms with E-state index in [4.69, 9.17) is 9.15 Å². The first-order valence-corrected chi connectivity index (χ1v) is 24.4. The second-order valence-corrected chi connectivity index (χ2v) is 17.4. The molecule has 0 fully saturated rings. The lowest BCUT2D eigenvalue weighted by atomic mass is 10.1. The molecule has 16 heteroatoms. The van der Waals surface area contributed by atoms with Crippen molar-refractivity contribution in [1.82, 2.24) is 24.7 Å². The van der Waals surface area contributed by atoms with Gasteiger partial charge >= 0.3 is 0 Å². The summed E-state index contributed by atoms with van der Waals surface area (Å²) in [5.74, 6) is 1.38. The van der Waals surface area contributed by atoms with Gasteiger partial charge in [0.2, 0.25) is 11.8 Å². The monoisotopic (exact) mass is 1020 g/mol. The van der Waals surface area contributed by atoms with Crippen LogP contribution in [0.25, 0.3) is 44.6 Å². The van der Waals surface area contributed by atoms with Crippen LogP contribution < -0.4 is 31.5 Å². The minimum absolute atomic E-state index is 0.112. The van der Waals surface area contributed by atoms with Gasteiger partial charge in [-0.3, -0.25) is 19.2 Å². The molecule has 0 atom stereocenters. The Morgan fingerprint density at radius 3 is 1.62 bits per heavy atom. The first kappa shape index (κ1) is 53.0. The van der Waals surface area contributed by atoms with Gasteiger partial charge < -0.3 is 19.4 Å². The van der Waals surface area contributed by atoms with Crippen molar-refractivity contribution in [1.29, 1.82) is 0 Å². The zero-order valence-electron chi connectivity index (χ0n) is 42.7. The van der Waals surface area contributed by atoms with Crippen molar-refractivity contribution >= 4 is 63.1 Å². The first-order valence-electron chi connectivity index (χ1n) is 24.4. The fraction of sp³-hybridized carbons (Fsp3) is 0.0984. The zero-order valence-corrected chi connectivity index (χ0v) is 42.7. The number of hydrogen-bond acceptors (Lipinski definition) is 12. The molecule has 0 radical (unpaired) electrons. The number of carbonyl (C=O) groups excluding carboxylic acids is 2. The number of fused-ring (bicyclic) bond motifs is 2. The molecule has 0 aliphatic heterocycles.